The van der Waals surface area contributed by atoms with Crippen LogP contribution in [0.1, 0.15) is 17.0 Å². The summed E-state index contributed by atoms with van der Waals surface area (Å²) in [5.41, 5.74) is 3.01. The molecule has 5 nitrogen and oxygen atoms in total. The van der Waals surface area contributed by atoms with E-state index < -0.39 is 0 Å². The first-order valence-electron chi connectivity index (χ1n) is 9.87. The van der Waals surface area contributed by atoms with Crippen molar-refractivity contribution < 1.29 is 4.79 Å². The molecule has 0 spiro atoms. The van der Waals surface area contributed by atoms with Gasteiger partial charge in [-0.2, -0.15) is 0 Å². The summed E-state index contributed by atoms with van der Waals surface area (Å²) in [6.07, 6.45) is 0.655. The minimum atomic E-state index is -0.0860. The van der Waals surface area contributed by atoms with Crippen LogP contribution in [0.5, 0.6) is 0 Å². The molecule has 156 valence electrons. The highest BCUT2D eigenvalue weighted by Gasteiger charge is 2.16. The first-order chi connectivity index (χ1) is 15.2. The first-order valence-corrected chi connectivity index (χ1v) is 11.2. The maximum atomic E-state index is 12.4. The van der Waals surface area contributed by atoms with Crippen LogP contribution in [-0.2, 0) is 17.8 Å². The summed E-state index contributed by atoms with van der Waals surface area (Å²) in [4.78, 5) is 12.4. The maximum Gasteiger partial charge on any atom is 0.230 e. The van der Waals surface area contributed by atoms with Gasteiger partial charge in [-0.05, 0) is 29.3 Å². The van der Waals surface area contributed by atoms with Crippen LogP contribution >= 0.6 is 23.4 Å². The Morgan fingerprint density at radius 1 is 0.903 bits per heavy atom. The average Bonchev–Trinajstić information content (AvgIpc) is 3.20. The van der Waals surface area contributed by atoms with E-state index in [1.54, 1.807) is 0 Å². The Morgan fingerprint density at radius 3 is 2.32 bits per heavy atom. The van der Waals surface area contributed by atoms with Gasteiger partial charge in [0.15, 0.2) is 5.16 Å². The third-order valence-electron chi connectivity index (χ3n) is 4.69. The second kappa shape index (κ2) is 10.3. The maximum absolute atomic E-state index is 12.4. The molecular formula is C24H21ClN4OS. The lowest BCUT2D eigenvalue weighted by atomic mass is 10.1. The van der Waals surface area contributed by atoms with Gasteiger partial charge < -0.3 is 5.32 Å². The van der Waals surface area contributed by atoms with Gasteiger partial charge in [-0.3, -0.25) is 9.36 Å². The number of hydrogen-bond acceptors (Lipinski definition) is 4. The number of carbonyl (C=O) groups excluding carboxylic acids is 1. The van der Waals surface area contributed by atoms with Crippen molar-refractivity contribution in [2.45, 2.75) is 18.1 Å². The van der Waals surface area contributed by atoms with Crippen LogP contribution in [0.15, 0.2) is 90.1 Å². The van der Waals surface area contributed by atoms with Gasteiger partial charge >= 0.3 is 0 Å². The highest BCUT2D eigenvalue weighted by Crippen LogP contribution is 2.23. The minimum absolute atomic E-state index is 0.0860. The smallest absolute Gasteiger partial charge is 0.230 e. The van der Waals surface area contributed by atoms with Crippen molar-refractivity contribution in [2.75, 3.05) is 5.75 Å². The molecule has 3 aromatic carbocycles. The molecule has 0 fully saturated rings. The zero-order chi connectivity index (χ0) is 21.5. The molecule has 0 radical (unpaired) electrons. The number of rotatable bonds is 8. The summed E-state index contributed by atoms with van der Waals surface area (Å²) in [5.74, 6) is 0.981. The third-order valence-corrected chi connectivity index (χ3v) is 5.98. The number of aromatic nitrogens is 3. The molecule has 0 unspecified atom stereocenters. The van der Waals surface area contributed by atoms with E-state index in [4.69, 9.17) is 11.6 Å². The van der Waals surface area contributed by atoms with E-state index in [2.05, 4.69) is 27.6 Å². The molecule has 4 aromatic rings. The van der Waals surface area contributed by atoms with Gasteiger partial charge in [0.2, 0.25) is 5.91 Å². The summed E-state index contributed by atoms with van der Waals surface area (Å²) in [6.45, 7) is 0.393. The summed E-state index contributed by atoms with van der Waals surface area (Å²) >= 11 is 7.53. The van der Waals surface area contributed by atoms with Gasteiger partial charge in [-0.1, -0.05) is 90.1 Å². The molecule has 0 aliphatic heterocycles. The SMILES string of the molecule is O=C(CSc1nnc(Cc2ccccc2)n1-c1ccccc1)NCc1ccccc1Cl. The fourth-order valence-corrected chi connectivity index (χ4v) is 4.14. The van der Waals surface area contributed by atoms with E-state index in [0.717, 1.165) is 22.6 Å². The Bertz CT molecular complexity index is 1150. The van der Waals surface area contributed by atoms with Crippen molar-refractivity contribution >= 4 is 29.3 Å². The van der Waals surface area contributed by atoms with Crippen molar-refractivity contribution in [3.8, 4) is 5.69 Å². The van der Waals surface area contributed by atoms with Gasteiger partial charge in [0.1, 0.15) is 5.82 Å². The topological polar surface area (TPSA) is 59.8 Å². The Labute approximate surface area is 190 Å². The van der Waals surface area contributed by atoms with Crippen LogP contribution in [-0.4, -0.2) is 26.4 Å². The van der Waals surface area contributed by atoms with Crippen molar-refractivity contribution in [3.63, 3.8) is 0 Å². The zero-order valence-electron chi connectivity index (χ0n) is 16.7. The number of hydrogen-bond donors (Lipinski definition) is 1. The third kappa shape index (κ3) is 5.54. The largest absolute Gasteiger partial charge is 0.351 e. The minimum Gasteiger partial charge on any atom is -0.351 e. The second-order valence-corrected chi connectivity index (χ2v) is 8.24. The molecule has 0 aliphatic rings. The summed E-state index contributed by atoms with van der Waals surface area (Å²) in [6, 6.07) is 27.6. The zero-order valence-corrected chi connectivity index (χ0v) is 18.3. The average molecular weight is 449 g/mol. The quantitative estimate of drug-likeness (QED) is 0.389. The van der Waals surface area contributed by atoms with Crippen LogP contribution < -0.4 is 5.32 Å². The molecule has 1 N–H and O–H groups in total. The molecule has 31 heavy (non-hydrogen) atoms. The molecule has 1 amide bonds. The molecule has 0 aliphatic carbocycles. The fourth-order valence-electron chi connectivity index (χ4n) is 3.14. The summed E-state index contributed by atoms with van der Waals surface area (Å²) in [5, 5.41) is 13.0. The number of nitrogens with zero attached hydrogens (tertiary/aromatic N) is 3. The second-order valence-electron chi connectivity index (χ2n) is 6.89. The predicted molar refractivity (Wildman–Crippen MR) is 125 cm³/mol. The van der Waals surface area contributed by atoms with Crippen LogP contribution in [0.4, 0.5) is 0 Å². The van der Waals surface area contributed by atoms with Gasteiger partial charge in [0.25, 0.3) is 0 Å². The predicted octanol–water partition coefficient (Wildman–Crippen LogP) is 4.92. The van der Waals surface area contributed by atoms with E-state index in [1.807, 2.05) is 77.4 Å². The van der Waals surface area contributed by atoms with E-state index in [1.165, 1.54) is 11.8 Å². The lowest BCUT2D eigenvalue weighted by molar-refractivity contribution is -0.118. The molecule has 4 rings (SSSR count). The van der Waals surface area contributed by atoms with E-state index in [9.17, 15) is 4.79 Å². The molecule has 0 atom stereocenters. The lowest BCUT2D eigenvalue weighted by Gasteiger charge is -2.11. The molecule has 0 bridgehead atoms. The fraction of sp³-hybridized carbons (Fsp3) is 0.125. The van der Waals surface area contributed by atoms with Crippen LogP contribution in [0, 0.1) is 0 Å². The van der Waals surface area contributed by atoms with Crippen molar-refractivity contribution in [2.24, 2.45) is 0 Å². The molecule has 0 saturated heterocycles. The number of nitrogens with one attached hydrogen (secondary N) is 1. The van der Waals surface area contributed by atoms with Gasteiger partial charge in [0.05, 0.1) is 5.75 Å². The molecule has 1 heterocycles. The van der Waals surface area contributed by atoms with Gasteiger partial charge in [-0.15, -0.1) is 10.2 Å². The van der Waals surface area contributed by atoms with Crippen molar-refractivity contribution in [1.29, 1.82) is 0 Å². The van der Waals surface area contributed by atoms with Crippen LogP contribution in [0.2, 0.25) is 5.02 Å². The Hall–Kier alpha value is -3.09. The van der Waals surface area contributed by atoms with Crippen molar-refractivity contribution in [3.05, 3.63) is 107 Å². The molecule has 0 saturated carbocycles. The van der Waals surface area contributed by atoms with E-state index in [0.29, 0.717) is 23.1 Å². The number of carbonyl (C=O) groups is 1. The van der Waals surface area contributed by atoms with Crippen LogP contribution in [0.3, 0.4) is 0 Å². The number of amides is 1. The Morgan fingerprint density at radius 2 is 1.58 bits per heavy atom. The first kappa shape index (κ1) is 21.2. The molecule has 1 aromatic heterocycles. The van der Waals surface area contributed by atoms with Gasteiger partial charge in [-0.25, -0.2) is 0 Å². The van der Waals surface area contributed by atoms with E-state index in [-0.39, 0.29) is 11.7 Å². The number of para-hydroxylation sites is 1. The van der Waals surface area contributed by atoms with E-state index >= 15 is 0 Å². The van der Waals surface area contributed by atoms with Crippen LogP contribution in [0.25, 0.3) is 5.69 Å². The number of benzene rings is 3. The Kier molecular flexibility index (Phi) is 7.02. The highest BCUT2D eigenvalue weighted by atomic mass is 35.5. The highest BCUT2D eigenvalue weighted by molar-refractivity contribution is 7.99. The summed E-state index contributed by atoms with van der Waals surface area (Å²) < 4.78 is 2.01. The summed E-state index contributed by atoms with van der Waals surface area (Å²) in [7, 11) is 0. The standard InChI is InChI=1S/C24H21ClN4OS/c25-21-14-8-7-11-19(21)16-26-23(30)17-31-24-28-27-22(15-18-9-3-1-4-10-18)29(24)20-12-5-2-6-13-20/h1-14H,15-17H2,(H,26,30). The molecule has 7 heteroatoms. The normalized spacial score (nSPS) is 10.7. The lowest BCUT2D eigenvalue weighted by Crippen LogP contribution is -2.24. The Balaban J connectivity index is 1.47. The molecular weight excluding hydrogens is 428 g/mol. The number of thioether (sulfide) groups is 1. The van der Waals surface area contributed by atoms with Crippen molar-refractivity contribution in [1.82, 2.24) is 20.1 Å². The number of halogens is 1. The monoisotopic (exact) mass is 448 g/mol. The van der Waals surface area contributed by atoms with Gasteiger partial charge in [0, 0.05) is 23.7 Å².